The maximum absolute atomic E-state index is 7.14. The van der Waals surface area contributed by atoms with E-state index in [0.717, 1.165) is 77.4 Å². The summed E-state index contributed by atoms with van der Waals surface area (Å²) in [5.74, 6) is 3.00. The fourth-order valence-electron chi connectivity index (χ4n) is 10.8. The summed E-state index contributed by atoms with van der Waals surface area (Å²) in [5.41, 5.74) is 12.4. The lowest BCUT2D eigenvalue weighted by Gasteiger charge is -2.25. The van der Waals surface area contributed by atoms with E-state index in [1.54, 1.807) is 0 Å². The van der Waals surface area contributed by atoms with E-state index in [9.17, 15) is 0 Å². The van der Waals surface area contributed by atoms with Crippen LogP contribution in [0.25, 0.3) is 110 Å². The minimum absolute atomic E-state index is 0.0451. The van der Waals surface area contributed by atoms with Gasteiger partial charge in [0, 0.05) is 46.2 Å². The third-order valence-corrected chi connectivity index (χ3v) is 14.4. The topological polar surface area (TPSA) is 58.0 Å². The van der Waals surface area contributed by atoms with Crippen LogP contribution >= 0.6 is 0 Å². The van der Waals surface area contributed by atoms with Crippen LogP contribution in [-0.4, -0.2) is 19.1 Å². The summed E-state index contributed by atoms with van der Waals surface area (Å²) in [6.07, 6.45) is 5.87. The van der Waals surface area contributed by atoms with Gasteiger partial charge in [-0.3, -0.25) is 9.13 Å². The van der Waals surface area contributed by atoms with Crippen LogP contribution in [0.4, 0.5) is 0 Å². The van der Waals surface area contributed by atoms with Crippen molar-refractivity contribution in [1.82, 2.24) is 19.1 Å². The lowest BCUT2D eigenvalue weighted by Crippen LogP contribution is -2.15. The molecule has 0 saturated heterocycles. The summed E-state index contributed by atoms with van der Waals surface area (Å²) < 4.78 is 18.7. The van der Waals surface area contributed by atoms with Gasteiger partial charge in [0.1, 0.15) is 34.3 Å². The number of imidazole rings is 1. The molecule has 6 nitrogen and oxygen atoms in total. The molecule has 13 aromatic rings. The molecule has 0 aliphatic carbocycles. The average Bonchev–Trinajstić information content (AvgIpc) is 4.13. The van der Waals surface area contributed by atoms with Gasteiger partial charge in [-0.25, -0.2) is 9.97 Å². The highest BCUT2D eigenvalue weighted by Gasteiger charge is 2.26. The molecule has 0 radical (unpaired) electrons. The molecule has 0 bridgehead atoms. The molecule has 0 aliphatic rings. The molecule has 4 aromatic heterocycles. The van der Waals surface area contributed by atoms with Crippen molar-refractivity contribution in [2.45, 2.75) is 52.4 Å². The summed E-state index contributed by atoms with van der Waals surface area (Å²) in [5, 5.41) is 8.90. The Bertz CT molecular complexity index is 4260. The minimum Gasteiger partial charge on any atom is -0.457 e. The van der Waals surface area contributed by atoms with Crippen LogP contribution in [-0.2, 0) is 10.8 Å². The fraction of sp³-hybridized carbons (Fsp3) is 0.121. The second kappa shape index (κ2) is 16.4. The standard InChI is InChI=1S/C66H52N4O2/c1-65(2,3)46-31-32-67-61(37-46)70-57-20-14-13-19-50(57)51-27-25-47(40-59(51)70)71-48-38-54-62-52-26-23-43-21-22-44(41-15-9-7-10-16-41)35-53(43)49(52)28-30-60(62)72-63(54)55(39-48)64-68-33-34-69(64)58-29-24-45(36-56(58)66(4,5)6)42-17-11-8-12-18-42/h7-40H,1-6H3. The summed E-state index contributed by atoms with van der Waals surface area (Å²) in [4.78, 5) is 10.1. The van der Waals surface area contributed by atoms with E-state index in [2.05, 4.69) is 245 Å². The SMILES string of the molecule is CC(C)(C)c1ccnc(-n2c3ccccc3c3ccc(Oc4cc(-c5nccn5-c5ccc(-c6ccccc6)cc5C(C)(C)C)c5oc6ccc7c8cc(-c9ccccc9)ccc8ccc7c6c5c4)cc32)c1. The van der Waals surface area contributed by atoms with Crippen molar-refractivity contribution in [2.24, 2.45) is 0 Å². The highest BCUT2D eigenvalue weighted by molar-refractivity contribution is 6.25. The van der Waals surface area contributed by atoms with Crippen molar-refractivity contribution < 1.29 is 9.15 Å². The van der Waals surface area contributed by atoms with Gasteiger partial charge in [-0.15, -0.1) is 0 Å². The van der Waals surface area contributed by atoms with E-state index >= 15 is 0 Å². The van der Waals surface area contributed by atoms with Crippen molar-refractivity contribution in [3.8, 4) is 56.6 Å². The van der Waals surface area contributed by atoms with Crippen LogP contribution in [0.3, 0.4) is 0 Å². The van der Waals surface area contributed by atoms with Gasteiger partial charge < -0.3 is 9.15 Å². The summed E-state index contributed by atoms with van der Waals surface area (Å²) in [7, 11) is 0. The highest BCUT2D eigenvalue weighted by atomic mass is 16.5. The Morgan fingerprint density at radius 2 is 1.17 bits per heavy atom. The quantitative estimate of drug-likeness (QED) is 0.149. The lowest BCUT2D eigenvalue weighted by molar-refractivity contribution is 0.484. The van der Waals surface area contributed by atoms with Crippen LogP contribution in [0.2, 0.25) is 0 Å². The van der Waals surface area contributed by atoms with Gasteiger partial charge in [-0.2, -0.15) is 0 Å². The predicted molar refractivity (Wildman–Crippen MR) is 298 cm³/mol. The van der Waals surface area contributed by atoms with Crippen LogP contribution < -0.4 is 4.74 Å². The Hall–Kier alpha value is -8.74. The van der Waals surface area contributed by atoms with Crippen LogP contribution in [0.5, 0.6) is 11.5 Å². The Morgan fingerprint density at radius 3 is 1.94 bits per heavy atom. The molecule has 0 saturated carbocycles. The fourth-order valence-corrected chi connectivity index (χ4v) is 10.8. The number of furan rings is 1. The molecule has 6 heteroatoms. The molecule has 13 rings (SSSR count). The van der Waals surface area contributed by atoms with Crippen LogP contribution in [0.15, 0.2) is 211 Å². The highest BCUT2D eigenvalue weighted by Crippen LogP contribution is 2.45. The maximum atomic E-state index is 7.14. The molecule has 72 heavy (non-hydrogen) atoms. The number of benzene rings is 9. The number of nitrogens with zero attached hydrogens (tertiary/aromatic N) is 4. The van der Waals surface area contributed by atoms with E-state index < -0.39 is 0 Å². The van der Waals surface area contributed by atoms with E-state index in [4.69, 9.17) is 19.1 Å². The van der Waals surface area contributed by atoms with Crippen molar-refractivity contribution in [3.05, 3.63) is 218 Å². The van der Waals surface area contributed by atoms with Gasteiger partial charge >= 0.3 is 0 Å². The minimum atomic E-state index is -0.186. The molecular formula is C66H52N4O2. The first-order valence-electron chi connectivity index (χ1n) is 24.8. The summed E-state index contributed by atoms with van der Waals surface area (Å²) in [6, 6.07) is 67.0. The number of para-hydroxylation sites is 1. The van der Waals surface area contributed by atoms with Crippen LogP contribution in [0.1, 0.15) is 52.7 Å². The molecule has 0 unspecified atom stereocenters. The van der Waals surface area contributed by atoms with Crippen LogP contribution in [0, 0.1) is 0 Å². The Balaban J connectivity index is 1.03. The largest absolute Gasteiger partial charge is 0.457 e. The number of hydrogen-bond donors (Lipinski definition) is 0. The number of ether oxygens (including phenoxy) is 1. The van der Waals surface area contributed by atoms with E-state index in [0.29, 0.717) is 11.5 Å². The summed E-state index contributed by atoms with van der Waals surface area (Å²) >= 11 is 0. The zero-order chi connectivity index (χ0) is 48.9. The van der Waals surface area contributed by atoms with Crippen molar-refractivity contribution in [3.63, 3.8) is 0 Å². The van der Waals surface area contributed by atoms with Crippen molar-refractivity contribution in [2.75, 3.05) is 0 Å². The van der Waals surface area contributed by atoms with Gasteiger partial charge in [0.05, 0.1) is 22.3 Å². The third kappa shape index (κ3) is 7.24. The van der Waals surface area contributed by atoms with Gasteiger partial charge in [0.25, 0.3) is 0 Å². The molecule has 0 spiro atoms. The average molecular weight is 933 g/mol. The maximum Gasteiger partial charge on any atom is 0.148 e. The molecule has 9 aromatic carbocycles. The second-order valence-corrected chi connectivity index (χ2v) is 21.1. The molecular weight excluding hydrogens is 881 g/mol. The molecule has 0 amide bonds. The molecule has 0 atom stereocenters. The Kier molecular flexibility index (Phi) is 9.88. The molecule has 4 heterocycles. The van der Waals surface area contributed by atoms with Crippen molar-refractivity contribution >= 4 is 65.3 Å². The zero-order valence-electron chi connectivity index (χ0n) is 41.2. The monoisotopic (exact) mass is 932 g/mol. The van der Waals surface area contributed by atoms with Gasteiger partial charge in [-0.05, 0) is 132 Å². The number of fused-ring (bicyclic) bond motifs is 10. The number of aromatic nitrogens is 4. The van der Waals surface area contributed by atoms with E-state index in [-0.39, 0.29) is 10.8 Å². The first-order valence-corrected chi connectivity index (χ1v) is 24.8. The molecule has 0 fully saturated rings. The smallest absolute Gasteiger partial charge is 0.148 e. The molecule has 0 N–H and O–H groups in total. The molecule has 0 aliphatic heterocycles. The first kappa shape index (κ1) is 43.3. The number of hydrogen-bond acceptors (Lipinski definition) is 4. The number of pyridine rings is 1. The van der Waals surface area contributed by atoms with Gasteiger partial charge in [0.2, 0.25) is 0 Å². The van der Waals surface area contributed by atoms with Gasteiger partial charge in [-0.1, -0.05) is 157 Å². The Morgan fingerprint density at radius 1 is 0.472 bits per heavy atom. The lowest BCUT2D eigenvalue weighted by atomic mass is 9.84. The third-order valence-electron chi connectivity index (χ3n) is 14.4. The Labute approximate surface area is 418 Å². The second-order valence-electron chi connectivity index (χ2n) is 21.1. The van der Waals surface area contributed by atoms with E-state index in [1.165, 1.54) is 44.2 Å². The normalized spacial score (nSPS) is 12.3. The molecule has 348 valence electrons. The zero-order valence-corrected chi connectivity index (χ0v) is 41.2. The van der Waals surface area contributed by atoms with E-state index in [1.807, 2.05) is 12.4 Å². The number of rotatable bonds is 7. The van der Waals surface area contributed by atoms with Crippen molar-refractivity contribution in [1.29, 1.82) is 0 Å². The predicted octanol–water partition coefficient (Wildman–Crippen LogP) is 18.0. The first-order chi connectivity index (χ1) is 34.9. The van der Waals surface area contributed by atoms with Gasteiger partial charge in [0.15, 0.2) is 0 Å². The summed E-state index contributed by atoms with van der Waals surface area (Å²) in [6.45, 7) is 13.5.